The summed E-state index contributed by atoms with van der Waals surface area (Å²) in [6, 6.07) is 8.11. The second-order valence-corrected chi connectivity index (χ2v) is 5.93. The Labute approximate surface area is 141 Å². The van der Waals surface area contributed by atoms with Crippen LogP contribution in [0.2, 0.25) is 0 Å². The highest BCUT2D eigenvalue weighted by molar-refractivity contribution is 5.89. The Kier molecular flexibility index (Phi) is 4.98. The van der Waals surface area contributed by atoms with E-state index in [4.69, 9.17) is 4.74 Å². The number of benzene rings is 1. The van der Waals surface area contributed by atoms with Crippen molar-refractivity contribution in [1.29, 1.82) is 0 Å². The van der Waals surface area contributed by atoms with Crippen LogP contribution in [0.5, 0.6) is 5.75 Å². The van der Waals surface area contributed by atoms with E-state index in [1.807, 2.05) is 35.9 Å². The third-order valence-electron chi connectivity index (χ3n) is 4.09. The minimum absolute atomic E-state index is 0.200. The number of carbonyl (C=O) groups is 1. The molecule has 0 aliphatic heterocycles. The number of methoxy groups -OCH3 is 1. The Bertz CT molecular complexity index is 692. The van der Waals surface area contributed by atoms with Gasteiger partial charge < -0.3 is 10.1 Å². The highest BCUT2D eigenvalue weighted by atomic mass is 16.5. The number of ether oxygens (including phenoxy) is 1. The molecule has 1 aromatic heterocycles. The van der Waals surface area contributed by atoms with Crippen LogP contribution in [0.3, 0.4) is 0 Å². The van der Waals surface area contributed by atoms with Crippen molar-refractivity contribution in [2.24, 2.45) is 0 Å². The average molecular weight is 329 g/mol. The first-order valence-corrected chi connectivity index (χ1v) is 8.32. The second kappa shape index (κ2) is 7.33. The minimum atomic E-state index is -0.200. The van der Waals surface area contributed by atoms with Gasteiger partial charge in [-0.15, -0.1) is 5.10 Å². The van der Waals surface area contributed by atoms with Gasteiger partial charge in [-0.3, -0.25) is 5.32 Å². The summed E-state index contributed by atoms with van der Waals surface area (Å²) in [5.41, 5.74) is 2.14. The second-order valence-electron chi connectivity index (χ2n) is 5.93. The molecule has 3 rings (SSSR count). The van der Waals surface area contributed by atoms with E-state index in [0.717, 1.165) is 37.1 Å². The van der Waals surface area contributed by atoms with Crippen molar-refractivity contribution in [2.75, 3.05) is 12.4 Å². The number of hydrogen-bond acceptors (Lipinski definition) is 4. The highest BCUT2D eigenvalue weighted by Crippen LogP contribution is 2.19. The van der Waals surface area contributed by atoms with Gasteiger partial charge in [-0.2, -0.15) is 0 Å². The van der Waals surface area contributed by atoms with Crippen LogP contribution < -0.4 is 15.4 Å². The Morgan fingerprint density at radius 2 is 2.08 bits per heavy atom. The van der Waals surface area contributed by atoms with Crippen molar-refractivity contribution < 1.29 is 9.53 Å². The zero-order valence-electron chi connectivity index (χ0n) is 14.1. The smallest absolute Gasteiger partial charge is 0.320 e. The van der Waals surface area contributed by atoms with Crippen molar-refractivity contribution in [3.63, 3.8) is 0 Å². The van der Waals surface area contributed by atoms with Crippen molar-refractivity contribution >= 4 is 11.8 Å². The average Bonchev–Trinajstić information content (AvgIpc) is 3.32. The summed E-state index contributed by atoms with van der Waals surface area (Å²) < 4.78 is 7.02. The quantitative estimate of drug-likeness (QED) is 0.817. The molecule has 1 aliphatic carbocycles. The van der Waals surface area contributed by atoms with Gasteiger partial charge in [-0.1, -0.05) is 24.3 Å². The summed E-state index contributed by atoms with van der Waals surface area (Å²) in [4.78, 5) is 11.9. The Morgan fingerprint density at radius 1 is 1.33 bits per heavy atom. The van der Waals surface area contributed by atoms with Gasteiger partial charge in [0.05, 0.1) is 12.8 Å². The Morgan fingerprint density at radius 3 is 2.71 bits per heavy atom. The van der Waals surface area contributed by atoms with E-state index in [2.05, 4.69) is 20.9 Å². The van der Waals surface area contributed by atoms with Crippen LogP contribution in [0.4, 0.5) is 10.6 Å². The Balaban J connectivity index is 1.61. The summed E-state index contributed by atoms with van der Waals surface area (Å²) in [7, 11) is 1.66. The zero-order chi connectivity index (χ0) is 16.9. The molecular weight excluding hydrogens is 306 g/mol. The molecule has 0 radical (unpaired) electrons. The topological polar surface area (TPSA) is 81.1 Å². The predicted molar refractivity (Wildman–Crippen MR) is 91.3 cm³/mol. The molecule has 7 nitrogen and oxygen atoms in total. The van der Waals surface area contributed by atoms with Crippen LogP contribution in [0.1, 0.15) is 31.0 Å². The molecule has 0 bridgehead atoms. The van der Waals surface area contributed by atoms with Crippen LogP contribution in [0, 0.1) is 0 Å². The van der Waals surface area contributed by atoms with E-state index in [-0.39, 0.29) is 6.03 Å². The number of nitrogens with one attached hydrogen (secondary N) is 2. The van der Waals surface area contributed by atoms with E-state index in [0.29, 0.717) is 18.4 Å². The molecule has 1 saturated carbocycles. The van der Waals surface area contributed by atoms with Gasteiger partial charge in [0, 0.05) is 12.6 Å². The van der Waals surface area contributed by atoms with Gasteiger partial charge >= 0.3 is 6.03 Å². The maximum atomic E-state index is 11.9. The number of aryl methyl sites for hydroxylation is 2. The van der Waals surface area contributed by atoms with Crippen LogP contribution in [-0.4, -0.2) is 34.2 Å². The minimum Gasteiger partial charge on any atom is -0.497 e. The van der Waals surface area contributed by atoms with Crippen molar-refractivity contribution in [3.05, 3.63) is 35.5 Å². The first-order valence-electron chi connectivity index (χ1n) is 8.32. The van der Waals surface area contributed by atoms with E-state index in [1.54, 1.807) is 7.11 Å². The maximum absolute atomic E-state index is 11.9. The number of hydrogen-bond donors (Lipinski definition) is 2. The zero-order valence-corrected chi connectivity index (χ0v) is 14.1. The molecule has 0 saturated heterocycles. The Hall–Kier alpha value is -2.57. The number of anilines is 1. The summed E-state index contributed by atoms with van der Waals surface area (Å²) in [6.07, 6.45) is 3.72. The molecule has 2 amide bonds. The number of nitrogens with zero attached hydrogens (tertiary/aromatic N) is 3. The molecule has 0 unspecified atom stereocenters. The van der Waals surface area contributed by atoms with E-state index < -0.39 is 0 Å². The molecule has 2 aromatic rings. The van der Waals surface area contributed by atoms with Gasteiger partial charge in [-0.05, 0) is 43.4 Å². The molecule has 7 heteroatoms. The molecule has 0 spiro atoms. The fraction of sp³-hybridized carbons (Fsp3) is 0.471. The lowest BCUT2D eigenvalue weighted by atomic mass is 10.1. The standard InChI is InChI=1S/C17H23N5O2/c1-3-15-16(19-17(23)18-13-6-7-13)20-21-22(15)11-10-12-4-8-14(24-2)9-5-12/h4-5,8-9,13H,3,6-7,10-11H2,1-2H3,(H2,18,19,23). The van der Waals surface area contributed by atoms with Gasteiger partial charge in [0.2, 0.25) is 0 Å². The third-order valence-corrected chi connectivity index (χ3v) is 4.09. The normalized spacial score (nSPS) is 13.6. The molecule has 2 N–H and O–H groups in total. The largest absolute Gasteiger partial charge is 0.497 e. The monoisotopic (exact) mass is 329 g/mol. The van der Waals surface area contributed by atoms with Crippen LogP contribution >= 0.6 is 0 Å². The predicted octanol–water partition coefficient (Wildman–Crippen LogP) is 2.38. The van der Waals surface area contributed by atoms with Crippen LogP contribution in [0.25, 0.3) is 0 Å². The van der Waals surface area contributed by atoms with Gasteiger partial charge in [0.1, 0.15) is 5.75 Å². The van der Waals surface area contributed by atoms with Crippen LogP contribution in [0.15, 0.2) is 24.3 Å². The summed E-state index contributed by atoms with van der Waals surface area (Å²) >= 11 is 0. The van der Waals surface area contributed by atoms with Crippen molar-refractivity contribution in [2.45, 2.75) is 45.2 Å². The molecule has 1 fully saturated rings. The van der Waals surface area contributed by atoms with Crippen LogP contribution in [-0.2, 0) is 19.4 Å². The molecule has 1 aliphatic rings. The fourth-order valence-corrected chi connectivity index (χ4v) is 2.54. The first-order chi connectivity index (χ1) is 11.7. The van der Waals surface area contributed by atoms with Gasteiger partial charge in [0.25, 0.3) is 0 Å². The highest BCUT2D eigenvalue weighted by Gasteiger charge is 2.24. The summed E-state index contributed by atoms with van der Waals surface area (Å²) in [6.45, 7) is 2.75. The molecular formula is C17H23N5O2. The lowest BCUT2D eigenvalue weighted by Crippen LogP contribution is -2.30. The molecule has 128 valence electrons. The number of carbonyl (C=O) groups excluding carboxylic acids is 1. The lowest BCUT2D eigenvalue weighted by molar-refractivity contribution is 0.251. The van der Waals surface area contributed by atoms with Gasteiger partial charge in [0.15, 0.2) is 5.82 Å². The number of urea groups is 1. The van der Waals surface area contributed by atoms with E-state index >= 15 is 0 Å². The van der Waals surface area contributed by atoms with Crippen molar-refractivity contribution in [3.8, 4) is 5.75 Å². The summed E-state index contributed by atoms with van der Waals surface area (Å²) in [5, 5.41) is 14.0. The van der Waals surface area contributed by atoms with E-state index in [1.165, 1.54) is 5.56 Å². The SMILES string of the molecule is CCc1c(NC(=O)NC2CC2)nnn1CCc1ccc(OC)cc1. The lowest BCUT2D eigenvalue weighted by Gasteiger charge is -2.08. The van der Waals surface area contributed by atoms with Gasteiger partial charge in [-0.25, -0.2) is 9.48 Å². The molecule has 24 heavy (non-hydrogen) atoms. The fourth-order valence-electron chi connectivity index (χ4n) is 2.54. The molecule has 0 atom stereocenters. The number of amides is 2. The first kappa shape index (κ1) is 16.3. The number of aromatic nitrogens is 3. The maximum Gasteiger partial charge on any atom is 0.320 e. The molecule has 1 heterocycles. The molecule has 1 aromatic carbocycles. The third kappa shape index (κ3) is 4.04. The van der Waals surface area contributed by atoms with Crippen molar-refractivity contribution in [1.82, 2.24) is 20.3 Å². The van der Waals surface area contributed by atoms with E-state index in [9.17, 15) is 4.79 Å². The summed E-state index contributed by atoms with van der Waals surface area (Å²) in [5.74, 6) is 1.40. The number of rotatable bonds is 7.